The van der Waals surface area contributed by atoms with Crippen LogP contribution in [0.1, 0.15) is 27.7 Å². The van der Waals surface area contributed by atoms with E-state index >= 15 is 0 Å². The van der Waals surface area contributed by atoms with Gasteiger partial charge in [0, 0.05) is 44.1 Å². The number of carbonyl (C=O) groups is 5. The number of hydrogen-bond donors (Lipinski definition) is 2. The van der Waals surface area contributed by atoms with Crippen molar-refractivity contribution in [2.75, 3.05) is 17.2 Å². The van der Waals surface area contributed by atoms with Crippen LogP contribution in [0.25, 0.3) is 0 Å². The van der Waals surface area contributed by atoms with Crippen LogP contribution >= 0.6 is 23.4 Å². The average molecular weight is 660 g/mol. The first-order valence-electron chi connectivity index (χ1n) is 13.4. The van der Waals surface area contributed by atoms with E-state index in [9.17, 15) is 29.2 Å². The van der Waals surface area contributed by atoms with Gasteiger partial charge in [0.2, 0.25) is 0 Å². The van der Waals surface area contributed by atoms with Crippen LogP contribution in [-0.4, -0.2) is 66.2 Å². The fourth-order valence-corrected chi connectivity index (χ4v) is 5.47. The Bertz CT molecular complexity index is 1480. The molecule has 2 aromatic carbocycles. The number of ether oxygens (including phenoxy) is 5. The maximum atomic E-state index is 13.4. The van der Waals surface area contributed by atoms with Crippen molar-refractivity contribution >= 4 is 64.5 Å². The smallest absolute Gasteiger partial charge is 0.303 e. The number of esters is 4. The zero-order chi connectivity index (χ0) is 33.1. The van der Waals surface area contributed by atoms with Gasteiger partial charge < -0.3 is 34.3 Å². The Labute approximate surface area is 268 Å². The fourth-order valence-electron chi connectivity index (χ4n) is 4.13. The number of anilines is 2. The predicted molar refractivity (Wildman–Crippen MR) is 162 cm³/mol. The third kappa shape index (κ3) is 10.5. The monoisotopic (exact) mass is 659 g/mol. The molecule has 0 unspecified atom stereocenters. The van der Waals surface area contributed by atoms with Crippen molar-refractivity contribution < 1.29 is 47.7 Å². The number of halogens is 1. The van der Waals surface area contributed by atoms with Crippen molar-refractivity contribution in [1.82, 2.24) is 0 Å². The minimum Gasteiger partial charge on any atom is -0.463 e. The Hall–Kier alpha value is -4.58. The lowest BCUT2D eigenvalue weighted by Crippen LogP contribution is -2.61. The number of nitrogens with one attached hydrogen (secondary N) is 2. The zero-order valence-electron chi connectivity index (χ0n) is 24.6. The first-order chi connectivity index (χ1) is 21.4. The second-order valence-electron chi connectivity index (χ2n) is 9.45. The van der Waals surface area contributed by atoms with Crippen molar-refractivity contribution in [1.29, 1.82) is 5.26 Å². The SMILES string of the molecule is CC(=O)OC[C@H]1O[C@@H](S/C(Nc2ccccc2)=C(\C#N)C(=O)Nc2ccc(Cl)cc2)[C@H](OC(C)=O)[C@@H](OC(C)=O)[C@@H]1OC(C)=O. The molecular formula is C30H30ClN3O10S. The third-order valence-electron chi connectivity index (χ3n) is 5.88. The molecule has 13 nitrogen and oxygen atoms in total. The van der Waals surface area contributed by atoms with Gasteiger partial charge in [-0.2, -0.15) is 5.26 Å². The van der Waals surface area contributed by atoms with Crippen molar-refractivity contribution in [2.45, 2.75) is 57.5 Å². The molecule has 1 saturated heterocycles. The van der Waals surface area contributed by atoms with E-state index in [1.807, 2.05) is 6.07 Å². The van der Waals surface area contributed by atoms with E-state index in [2.05, 4.69) is 10.6 Å². The first-order valence-corrected chi connectivity index (χ1v) is 14.6. The van der Waals surface area contributed by atoms with Gasteiger partial charge in [-0.25, -0.2) is 0 Å². The minimum atomic E-state index is -1.44. The maximum Gasteiger partial charge on any atom is 0.303 e. The summed E-state index contributed by atoms with van der Waals surface area (Å²) in [6.45, 7) is 4.04. The molecule has 1 aliphatic rings. The highest BCUT2D eigenvalue weighted by Gasteiger charge is 2.53. The number of para-hydroxylation sites is 1. The van der Waals surface area contributed by atoms with Crippen LogP contribution in [0.3, 0.4) is 0 Å². The average Bonchev–Trinajstić information content (AvgIpc) is 2.96. The van der Waals surface area contributed by atoms with Crippen LogP contribution in [0.4, 0.5) is 11.4 Å². The van der Waals surface area contributed by atoms with Crippen LogP contribution in [0, 0.1) is 11.3 Å². The number of benzene rings is 2. The molecule has 0 bridgehead atoms. The number of amides is 1. The summed E-state index contributed by atoms with van der Waals surface area (Å²) in [4.78, 5) is 61.6. The second kappa shape index (κ2) is 16.5. The molecule has 0 aliphatic carbocycles. The highest BCUT2D eigenvalue weighted by molar-refractivity contribution is 8.03. The third-order valence-corrected chi connectivity index (χ3v) is 7.29. The molecule has 45 heavy (non-hydrogen) atoms. The number of carbonyl (C=O) groups excluding carboxylic acids is 5. The van der Waals surface area contributed by atoms with E-state index in [4.69, 9.17) is 35.3 Å². The Morgan fingerprint density at radius 2 is 1.36 bits per heavy atom. The molecular weight excluding hydrogens is 630 g/mol. The molecule has 3 rings (SSSR count). The number of rotatable bonds is 11. The van der Waals surface area contributed by atoms with Gasteiger partial charge in [-0.15, -0.1) is 0 Å². The van der Waals surface area contributed by atoms with Crippen LogP contribution in [0.15, 0.2) is 65.2 Å². The normalized spacial score (nSPS) is 21.2. The number of hydrogen-bond acceptors (Lipinski definition) is 13. The fraction of sp³-hybridized carbons (Fsp3) is 0.333. The van der Waals surface area contributed by atoms with Crippen molar-refractivity contribution in [3.05, 3.63) is 70.2 Å². The summed E-state index contributed by atoms with van der Waals surface area (Å²) >= 11 is 6.71. The molecule has 15 heteroatoms. The lowest BCUT2D eigenvalue weighted by atomic mass is 9.99. The van der Waals surface area contributed by atoms with Crippen molar-refractivity contribution in [3.63, 3.8) is 0 Å². The quantitative estimate of drug-likeness (QED) is 0.153. The van der Waals surface area contributed by atoms with Gasteiger partial charge in [-0.1, -0.05) is 41.6 Å². The molecule has 1 aliphatic heterocycles. The van der Waals surface area contributed by atoms with Crippen LogP contribution in [-0.2, 0) is 47.7 Å². The molecule has 2 N–H and O–H groups in total. The van der Waals surface area contributed by atoms with E-state index in [1.54, 1.807) is 54.6 Å². The molecule has 0 aromatic heterocycles. The molecule has 1 heterocycles. The van der Waals surface area contributed by atoms with Crippen LogP contribution in [0.2, 0.25) is 5.02 Å². The van der Waals surface area contributed by atoms with Crippen molar-refractivity contribution in [3.8, 4) is 6.07 Å². The molecule has 0 radical (unpaired) electrons. The highest BCUT2D eigenvalue weighted by atomic mass is 35.5. The zero-order valence-corrected chi connectivity index (χ0v) is 26.2. The lowest BCUT2D eigenvalue weighted by Gasteiger charge is -2.44. The van der Waals surface area contributed by atoms with Crippen molar-refractivity contribution in [2.24, 2.45) is 0 Å². The molecule has 0 saturated carbocycles. The summed E-state index contributed by atoms with van der Waals surface area (Å²) in [6, 6.07) is 16.7. The number of nitrogens with zero attached hydrogens (tertiary/aromatic N) is 1. The van der Waals surface area contributed by atoms with Gasteiger partial charge in [-0.05, 0) is 36.4 Å². The molecule has 2 aromatic rings. The number of thioether (sulfide) groups is 1. The molecule has 5 atom stereocenters. The van der Waals surface area contributed by atoms with Gasteiger partial charge in [0.05, 0.1) is 5.03 Å². The van der Waals surface area contributed by atoms with Gasteiger partial charge in [-0.3, -0.25) is 24.0 Å². The molecule has 238 valence electrons. The minimum absolute atomic E-state index is 0.0314. The summed E-state index contributed by atoms with van der Waals surface area (Å²) in [5.74, 6) is -3.85. The lowest BCUT2D eigenvalue weighted by molar-refractivity contribution is -0.237. The number of nitriles is 1. The second-order valence-corrected chi connectivity index (χ2v) is 11.0. The summed E-state index contributed by atoms with van der Waals surface area (Å²) < 4.78 is 27.7. The first kappa shape index (κ1) is 34.9. The summed E-state index contributed by atoms with van der Waals surface area (Å²) in [5, 5.41) is 16.2. The van der Waals surface area contributed by atoms with Gasteiger partial charge in [0.1, 0.15) is 24.4 Å². The van der Waals surface area contributed by atoms with E-state index in [0.717, 1.165) is 39.5 Å². The predicted octanol–water partition coefficient (Wildman–Crippen LogP) is 3.94. The molecule has 1 amide bonds. The summed E-state index contributed by atoms with van der Waals surface area (Å²) in [5.41, 5.74) is -0.846. The van der Waals surface area contributed by atoms with E-state index in [1.165, 1.54) is 0 Å². The Morgan fingerprint density at radius 3 is 1.91 bits per heavy atom. The maximum absolute atomic E-state index is 13.4. The highest BCUT2D eigenvalue weighted by Crippen LogP contribution is 2.38. The summed E-state index contributed by atoms with van der Waals surface area (Å²) in [7, 11) is 0. The van der Waals surface area contributed by atoms with E-state index in [0.29, 0.717) is 16.4 Å². The van der Waals surface area contributed by atoms with Crippen LogP contribution < -0.4 is 10.6 Å². The Morgan fingerprint density at radius 1 is 0.800 bits per heavy atom. The van der Waals surface area contributed by atoms with Gasteiger partial charge in [0.25, 0.3) is 5.91 Å². The Kier molecular flexibility index (Phi) is 12.8. The summed E-state index contributed by atoms with van der Waals surface area (Å²) in [6.07, 6.45) is -5.46. The largest absolute Gasteiger partial charge is 0.463 e. The van der Waals surface area contributed by atoms with E-state index < -0.39 is 66.2 Å². The molecule has 1 fully saturated rings. The van der Waals surface area contributed by atoms with Gasteiger partial charge in [0.15, 0.2) is 23.7 Å². The standard InChI is InChI=1S/C30H30ClN3O10S/c1-16(35)40-15-24-25(41-17(2)36)26(42-18(3)37)27(43-19(4)38)30(44-24)45-29(34-21-8-6-5-7-9-21)23(14-32)28(39)33-22-12-10-20(31)11-13-22/h5-13,24-27,30,34H,15H2,1-4H3,(H,33,39)/b29-23+/t24-,25-,26+,27-,30+/m1/s1. The van der Waals surface area contributed by atoms with E-state index in [-0.39, 0.29) is 10.6 Å². The molecule has 0 spiro atoms. The van der Waals surface area contributed by atoms with Gasteiger partial charge >= 0.3 is 23.9 Å². The van der Waals surface area contributed by atoms with Crippen LogP contribution in [0.5, 0.6) is 0 Å². The topological polar surface area (TPSA) is 179 Å². The Balaban J connectivity index is 2.12.